The Bertz CT molecular complexity index is 3990. The molecule has 0 bridgehead atoms. The number of rotatable bonds is 12. The Balaban J connectivity index is 0.941. The summed E-state index contributed by atoms with van der Waals surface area (Å²) in [6.45, 7) is 5.86. The van der Waals surface area contributed by atoms with Crippen LogP contribution in [-0.2, 0) is 36.4 Å². The number of aromatic nitrogens is 3. The van der Waals surface area contributed by atoms with E-state index in [4.69, 9.17) is 19.9 Å². The van der Waals surface area contributed by atoms with Gasteiger partial charge in [0.1, 0.15) is 11.2 Å². The van der Waals surface area contributed by atoms with Crippen molar-refractivity contribution >= 4 is 43.5 Å². The first-order valence-electron chi connectivity index (χ1n) is 27.5. The molecule has 0 unspecified atom stereocenters. The molecule has 5 nitrogen and oxygen atoms in total. The van der Waals surface area contributed by atoms with Crippen LogP contribution in [0.25, 0.3) is 77.3 Å². The van der Waals surface area contributed by atoms with Crippen LogP contribution in [0.4, 0.5) is 0 Å². The van der Waals surface area contributed by atoms with Gasteiger partial charge in [-0.15, -0.1) is 0 Å². The van der Waals surface area contributed by atoms with E-state index in [-0.39, 0.29) is 39.5 Å². The van der Waals surface area contributed by atoms with E-state index in [9.17, 15) is 10.7 Å². The molecule has 0 atom stereocenters. The van der Waals surface area contributed by atoms with E-state index in [1.165, 1.54) is 18.3 Å². The molecule has 0 fully saturated rings. The van der Waals surface area contributed by atoms with E-state index in [0.717, 1.165) is 66.3 Å². The fourth-order valence-corrected chi connectivity index (χ4v) is 9.93. The molecule has 0 N–H and O–H groups in total. The van der Waals surface area contributed by atoms with Crippen molar-refractivity contribution in [1.82, 2.24) is 15.0 Å². The van der Waals surface area contributed by atoms with Gasteiger partial charge in [0, 0.05) is 61.2 Å². The lowest BCUT2D eigenvalue weighted by Crippen LogP contribution is -2.23. The number of pyridine rings is 3. The fraction of sp³-hybridized carbons (Fsp3) is 0.169. The van der Waals surface area contributed by atoms with Crippen molar-refractivity contribution in [3.8, 4) is 39.8 Å². The third kappa shape index (κ3) is 8.52. The van der Waals surface area contributed by atoms with Crippen molar-refractivity contribution < 1.29 is 15.4 Å². The van der Waals surface area contributed by atoms with Gasteiger partial charge in [0.2, 0.25) is 0 Å². The monoisotopic (exact) mass is 914 g/mol. The molecule has 7 aromatic carbocycles. The summed E-state index contributed by atoms with van der Waals surface area (Å²) in [5.74, 6) is 0. The van der Waals surface area contributed by atoms with Crippen molar-refractivity contribution in [2.24, 2.45) is 0 Å². The number of nitriles is 1. The Labute approximate surface area is 421 Å². The second kappa shape index (κ2) is 18.0. The number of benzene rings is 7. The quantitative estimate of drug-likeness (QED) is 0.122. The second-order valence-electron chi connectivity index (χ2n) is 19.4. The molecule has 4 heterocycles. The van der Waals surface area contributed by atoms with E-state index in [1.807, 2.05) is 54.9 Å². The lowest BCUT2D eigenvalue weighted by Gasteiger charge is -2.28. The number of hydrogen-bond acceptors (Lipinski definition) is 5. The SMILES string of the molecule is [2H]c1cc2c(oc3c(-c4ccc(C([2H])([2H])C([2H])([2H])c5cc(CC(C)(C)c6ccc(-c7cccc8ccccc78)nc6)cc(CC(C)(C)c6ccc(-c7cccc8ccccc78)nc6)c5)cn4)cccc32)c(C([2H])([2H])[2H])c1C#N. The predicted octanol–water partition coefficient (Wildman–Crippen LogP) is 16.1. The molecule has 0 saturated heterocycles. The van der Waals surface area contributed by atoms with E-state index in [0.29, 0.717) is 34.9 Å². The summed E-state index contributed by atoms with van der Waals surface area (Å²) in [4.78, 5) is 14.6. The summed E-state index contributed by atoms with van der Waals surface area (Å²) in [6.07, 6.45) is 1.02. The zero-order valence-corrected chi connectivity index (χ0v) is 39.4. The molecular weight excluding hydrogens is 853 g/mol. The Morgan fingerprint density at radius 1 is 0.514 bits per heavy atom. The first-order chi connectivity index (χ1) is 37.1. The van der Waals surface area contributed by atoms with Gasteiger partial charge in [-0.1, -0.05) is 161 Å². The molecule has 11 rings (SSSR count). The minimum Gasteiger partial charge on any atom is -0.455 e. The average molecular weight is 915 g/mol. The molecule has 0 aliphatic carbocycles. The van der Waals surface area contributed by atoms with Crippen LogP contribution >= 0.6 is 0 Å². The van der Waals surface area contributed by atoms with E-state index in [1.54, 1.807) is 36.4 Å². The van der Waals surface area contributed by atoms with Gasteiger partial charge in [0.05, 0.1) is 30.1 Å². The number of hydrogen-bond donors (Lipinski definition) is 0. The largest absolute Gasteiger partial charge is 0.455 e. The highest BCUT2D eigenvalue weighted by molar-refractivity contribution is 6.10. The third-order valence-corrected chi connectivity index (χ3v) is 13.7. The standard InChI is InChI=1S/C65H54N4O/c1-42-49(38-66)26-29-57-56-21-12-22-58(63(56)70-62(42)57)61-30-25-43(39-67-61)23-24-44-33-45(36-64(2,3)50-27-31-59(68-40-50)54-19-10-15-47-13-6-8-17-52(47)54)35-46(34-44)37-65(4,5)51-28-32-60(69-41-51)55-20-11-16-48-14-7-9-18-53(48)55/h6-22,25-35,39-41H,23-24,36-37H2,1-5H3/i1D3,23D2,24D2,26D. The number of nitrogens with zero attached hydrogens (tertiary/aromatic N) is 4. The molecule has 0 aliphatic heterocycles. The van der Waals surface area contributed by atoms with Gasteiger partial charge in [0.25, 0.3) is 0 Å². The van der Waals surface area contributed by atoms with E-state index < -0.39 is 30.4 Å². The van der Waals surface area contributed by atoms with E-state index >= 15 is 0 Å². The highest BCUT2D eigenvalue weighted by atomic mass is 16.3. The summed E-state index contributed by atoms with van der Waals surface area (Å²) in [7, 11) is 0. The maximum Gasteiger partial charge on any atom is 0.144 e. The zero-order chi connectivity index (χ0) is 54.9. The van der Waals surface area contributed by atoms with Crippen LogP contribution in [0, 0.1) is 18.2 Å². The zero-order valence-electron chi connectivity index (χ0n) is 47.4. The minimum absolute atomic E-state index is 0.0116. The van der Waals surface area contributed by atoms with Gasteiger partial charge >= 0.3 is 0 Å². The van der Waals surface area contributed by atoms with Crippen molar-refractivity contribution in [3.05, 3.63) is 233 Å². The van der Waals surface area contributed by atoms with Crippen molar-refractivity contribution in [2.45, 2.75) is 71.0 Å². The summed E-state index contributed by atoms with van der Waals surface area (Å²) in [5, 5.41) is 15.3. The molecule has 5 heteroatoms. The van der Waals surface area contributed by atoms with Crippen molar-refractivity contribution in [1.29, 1.82) is 5.26 Å². The van der Waals surface area contributed by atoms with Gasteiger partial charge in [-0.25, -0.2) is 0 Å². The molecule has 0 saturated carbocycles. The normalized spacial score (nSPS) is 14.3. The van der Waals surface area contributed by atoms with Crippen molar-refractivity contribution in [3.63, 3.8) is 0 Å². The lowest BCUT2D eigenvalue weighted by atomic mass is 9.77. The number of furan rings is 1. The first kappa shape index (κ1) is 35.9. The highest BCUT2D eigenvalue weighted by Crippen LogP contribution is 2.38. The molecule has 70 heavy (non-hydrogen) atoms. The van der Waals surface area contributed by atoms with Gasteiger partial charge in [-0.05, 0) is 135 Å². The second-order valence-corrected chi connectivity index (χ2v) is 19.4. The number of aryl methyl sites for hydroxylation is 3. The van der Waals surface area contributed by atoms with Crippen LogP contribution in [0.15, 0.2) is 193 Å². The lowest BCUT2D eigenvalue weighted by molar-refractivity contribution is 0.512. The topological polar surface area (TPSA) is 75.6 Å². The minimum atomic E-state index is -2.74. The molecule has 0 amide bonds. The van der Waals surface area contributed by atoms with Crippen LogP contribution in [0.2, 0.25) is 0 Å². The fourth-order valence-electron chi connectivity index (χ4n) is 9.93. The summed E-state index contributed by atoms with van der Waals surface area (Å²) in [6, 6.07) is 54.5. The van der Waals surface area contributed by atoms with Crippen molar-refractivity contribution in [2.75, 3.05) is 0 Å². The first-order valence-corrected chi connectivity index (χ1v) is 23.5. The molecule has 11 aromatic rings. The smallest absolute Gasteiger partial charge is 0.144 e. The molecule has 0 spiro atoms. The summed E-state index contributed by atoms with van der Waals surface area (Å²) in [5.41, 5.74) is 7.28. The Morgan fingerprint density at radius 2 is 1.00 bits per heavy atom. The van der Waals surface area contributed by atoms with Gasteiger partial charge in [-0.3, -0.25) is 15.0 Å². The molecule has 0 radical (unpaired) electrons. The van der Waals surface area contributed by atoms with Gasteiger partial charge < -0.3 is 4.42 Å². The van der Waals surface area contributed by atoms with Gasteiger partial charge in [-0.2, -0.15) is 5.26 Å². The van der Waals surface area contributed by atoms with Crippen LogP contribution in [0.1, 0.15) is 83.2 Å². The van der Waals surface area contributed by atoms with Crippen LogP contribution in [0.3, 0.4) is 0 Å². The maximum absolute atomic E-state index is 9.84. The Morgan fingerprint density at radius 3 is 1.56 bits per heavy atom. The average Bonchev–Trinajstić information content (AvgIpc) is 4.00. The van der Waals surface area contributed by atoms with Crippen LogP contribution in [-0.4, -0.2) is 15.0 Å². The highest BCUT2D eigenvalue weighted by Gasteiger charge is 2.26. The van der Waals surface area contributed by atoms with Crippen LogP contribution < -0.4 is 0 Å². The third-order valence-electron chi connectivity index (χ3n) is 13.7. The Kier molecular flexibility index (Phi) is 9.24. The molecule has 0 aliphatic rings. The maximum atomic E-state index is 9.84. The van der Waals surface area contributed by atoms with Gasteiger partial charge in [0.15, 0.2) is 0 Å². The number of fused-ring (bicyclic) bond motifs is 5. The molecular formula is C65H54N4O. The van der Waals surface area contributed by atoms with Crippen LogP contribution in [0.5, 0.6) is 0 Å². The number of para-hydroxylation sites is 1. The summed E-state index contributed by atoms with van der Waals surface area (Å²) < 4.78 is 78.1. The Hall–Kier alpha value is -8.20. The molecule has 4 aromatic heterocycles. The molecule has 340 valence electrons. The predicted molar refractivity (Wildman–Crippen MR) is 288 cm³/mol. The van der Waals surface area contributed by atoms with E-state index in [2.05, 4.69) is 112 Å². The summed E-state index contributed by atoms with van der Waals surface area (Å²) >= 11 is 0.